The number of benzene rings is 1. The number of rotatable bonds is 5. The van der Waals surface area contributed by atoms with Crippen molar-refractivity contribution in [3.05, 3.63) is 29.6 Å². The topological polar surface area (TPSA) is 38.0 Å². The van der Waals surface area contributed by atoms with Crippen LogP contribution in [0.2, 0.25) is 0 Å². The van der Waals surface area contributed by atoms with E-state index < -0.39 is 0 Å². The Morgan fingerprint density at radius 3 is 2.87 bits per heavy atom. The van der Waals surface area contributed by atoms with E-state index in [1.54, 1.807) is 6.07 Å². The molecule has 1 aromatic carbocycles. The molecule has 1 rings (SSSR count). The van der Waals surface area contributed by atoms with Gasteiger partial charge in [-0.2, -0.15) is 0 Å². The lowest BCUT2D eigenvalue weighted by atomic mass is 10.1. The Labute approximate surface area is 94.7 Å². The highest BCUT2D eigenvalue weighted by Gasteiger charge is 2.05. The zero-order valence-corrected chi connectivity index (χ0v) is 9.53. The fourth-order valence-corrected chi connectivity index (χ4v) is 1.44. The molecule has 4 heteroatoms. The van der Waals surface area contributed by atoms with Crippen LogP contribution >= 0.6 is 12.2 Å². The van der Waals surface area contributed by atoms with Gasteiger partial charge in [0.05, 0.1) is 0 Å². The highest BCUT2D eigenvalue weighted by molar-refractivity contribution is 7.80. The first-order valence-electron chi connectivity index (χ1n) is 4.98. The van der Waals surface area contributed by atoms with Crippen molar-refractivity contribution < 1.29 is 4.39 Å². The molecule has 1 aromatic rings. The third-order valence-corrected chi connectivity index (χ3v) is 2.31. The molecule has 0 atom stereocenters. The van der Waals surface area contributed by atoms with Gasteiger partial charge in [-0.3, -0.25) is 0 Å². The maximum absolute atomic E-state index is 13.0. The molecule has 0 spiro atoms. The first-order valence-corrected chi connectivity index (χ1v) is 5.39. The van der Waals surface area contributed by atoms with Crippen LogP contribution in [0.4, 0.5) is 10.1 Å². The number of nitrogens with one attached hydrogen (secondary N) is 1. The van der Waals surface area contributed by atoms with E-state index in [4.69, 9.17) is 18.0 Å². The van der Waals surface area contributed by atoms with Crippen molar-refractivity contribution in [3.8, 4) is 0 Å². The van der Waals surface area contributed by atoms with E-state index in [-0.39, 0.29) is 10.8 Å². The van der Waals surface area contributed by atoms with Crippen LogP contribution in [0.25, 0.3) is 0 Å². The molecule has 0 aromatic heterocycles. The first-order chi connectivity index (χ1) is 7.15. The van der Waals surface area contributed by atoms with Gasteiger partial charge in [0.15, 0.2) is 0 Å². The molecular formula is C11H15FN2S. The zero-order chi connectivity index (χ0) is 11.3. The summed E-state index contributed by atoms with van der Waals surface area (Å²) < 4.78 is 13.0. The van der Waals surface area contributed by atoms with Gasteiger partial charge >= 0.3 is 0 Å². The van der Waals surface area contributed by atoms with E-state index in [1.165, 1.54) is 12.1 Å². The molecular weight excluding hydrogens is 211 g/mol. The maximum Gasteiger partial charge on any atom is 0.124 e. The Hall–Kier alpha value is -1.16. The number of anilines is 1. The summed E-state index contributed by atoms with van der Waals surface area (Å²) in [6, 6.07) is 4.42. The van der Waals surface area contributed by atoms with Crippen LogP contribution < -0.4 is 11.1 Å². The molecule has 0 unspecified atom stereocenters. The highest BCUT2D eigenvalue weighted by atomic mass is 32.1. The van der Waals surface area contributed by atoms with Crippen molar-refractivity contribution in [1.82, 2.24) is 0 Å². The Balaban J connectivity index is 2.81. The van der Waals surface area contributed by atoms with Crippen molar-refractivity contribution in [3.63, 3.8) is 0 Å². The van der Waals surface area contributed by atoms with Crippen molar-refractivity contribution in [2.75, 3.05) is 11.9 Å². The second-order valence-corrected chi connectivity index (χ2v) is 3.77. The fourth-order valence-electron chi connectivity index (χ4n) is 1.27. The zero-order valence-electron chi connectivity index (χ0n) is 8.72. The Morgan fingerprint density at radius 2 is 2.27 bits per heavy atom. The molecule has 2 nitrogen and oxygen atoms in total. The van der Waals surface area contributed by atoms with Crippen LogP contribution in [0.5, 0.6) is 0 Å². The summed E-state index contributed by atoms with van der Waals surface area (Å²) in [6.07, 6.45) is 2.17. The third-order valence-electron chi connectivity index (χ3n) is 2.09. The number of unbranched alkanes of at least 4 members (excludes halogenated alkanes) is 1. The predicted octanol–water partition coefficient (Wildman–Crippen LogP) is 2.67. The number of halogens is 1. The number of thiocarbonyl (C=S) groups is 1. The molecule has 0 heterocycles. The number of hydrogen-bond donors (Lipinski definition) is 2. The van der Waals surface area contributed by atoms with Gasteiger partial charge in [-0.05, 0) is 24.6 Å². The average Bonchev–Trinajstić information content (AvgIpc) is 2.20. The standard InChI is InChI=1S/C11H15FN2S/c1-2-3-6-14-10-5-4-8(12)7-9(10)11(13)15/h4-5,7,14H,2-3,6H2,1H3,(H2,13,15). The first kappa shape index (κ1) is 11.9. The van der Waals surface area contributed by atoms with Crippen molar-refractivity contribution >= 4 is 22.9 Å². The van der Waals surface area contributed by atoms with Gasteiger partial charge in [0, 0.05) is 17.8 Å². The minimum atomic E-state index is -0.321. The second kappa shape index (κ2) is 5.66. The lowest BCUT2D eigenvalue weighted by molar-refractivity contribution is 0.627. The molecule has 0 amide bonds. The van der Waals surface area contributed by atoms with Gasteiger partial charge in [-0.1, -0.05) is 25.6 Å². The van der Waals surface area contributed by atoms with Crippen LogP contribution in [0.1, 0.15) is 25.3 Å². The smallest absolute Gasteiger partial charge is 0.124 e. The summed E-state index contributed by atoms with van der Waals surface area (Å²) >= 11 is 4.86. The Kier molecular flexibility index (Phi) is 4.49. The molecule has 82 valence electrons. The van der Waals surface area contributed by atoms with Crippen LogP contribution in [0.3, 0.4) is 0 Å². The molecule has 0 aliphatic carbocycles. The van der Waals surface area contributed by atoms with E-state index in [2.05, 4.69) is 12.2 Å². The van der Waals surface area contributed by atoms with Gasteiger partial charge in [-0.15, -0.1) is 0 Å². The minimum Gasteiger partial charge on any atom is -0.389 e. The third kappa shape index (κ3) is 3.47. The molecule has 0 saturated carbocycles. The maximum atomic E-state index is 13.0. The summed E-state index contributed by atoms with van der Waals surface area (Å²) in [5, 5.41) is 3.19. The van der Waals surface area contributed by atoms with Crippen LogP contribution in [0, 0.1) is 5.82 Å². The number of hydrogen-bond acceptors (Lipinski definition) is 2. The largest absolute Gasteiger partial charge is 0.389 e. The molecule has 0 bridgehead atoms. The summed E-state index contributed by atoms with van der Waals surface area (Å²) in [5.41, 5.74) is 6.89. The Bertz CT molecular complexity index is 352. The van der Waals surface area contributed by atoms with E-state index in [9.17, 15) is 4.39 Å². The molecule has 0 radical (unpaired) electrons. The minimum absolute atomic E-state index is 0.216. The van der Waals surface area contributed by atoms with Crippen molar-refractivity contribution in [1.29, 1.82) is 0 Å². The summed E-state index contributed by atoms with van der Waals surface area (Å²) in [7, 11) is 0. The van der Waals surface area contributed by atoms with Crippen LogP contribution in [0.15, 0.2) is 18.2 Å². The molecule has 0 fully saturated rings. The Morgan fingerprint density at radius 1 is 1.53 bits per heavy atom. The van der Waals surface area contributed by atoms with Crippen LogP contribution in [-0.4, -0.2) is 11.5 Å². The lowest BCUT2D eigenvalue weighted by Crippen LogP contribution is -2.14. The monoisotopic (exact) mass is 226 g/mol. The number of nitrogens with two attached hydrogens (primary N) is 1. The van der Waals surface area contributed by atoms with Gasteiger partial charge in [0.25, 0.3) is 0 Å². The lowest BCUT2D eigenvalue weighted by Gasteiger charge is -2.10. The van der Waals surface area contributed by atoms with Gasteiger partial charge < -0.3 is 11.1 Å². The van der Waals surface area contributed by atoms with Crippen LogP contribution in [-0.2, 0) is 0 Å². The summed E-state index contributed by atoms with van der Waals surface area (Å²) in [5.74, 6) is -0.321. The quantitative estimate of drug-likeness (QED) is 0.599. The molecule has 0 aliphatic rings. The van der Waals surface area contributed by atoms with Gasteiger partial charge in [-0.25, -0.2) is 4.39 Å². The molecule has 0 aliphatic heterocycles. The average molecular weight is 226 g/mol. The SMILES string of the molecule is CCCCNc1ccc(F)cc1C(N)=S. The molecule has 0 saturated heterocycles. The normalized spacial score (nSPS) is 10.0. The van der Waals surface area contributed by atoms with Gasteiger partial charge in [0.2, 0.25) is 0 Å². The summed E-state index contributed by atoms with van der Waals surface area (Å²) in [4.78, 5) is 0.216. The van der Waals surface area contributed by atoms with E-state index >= 15 is 0 Å². The predicted molar refractivity (Wildman–Crippen MR) is 65.7 cm³/mol. The van der Waals surface area contributed by atoms with Gasteiger partial charge in [0.1, 0.15) is 10.8 Å². The highest BCUT2D eigenvalue weighted by Crippen LogP contribution is 2.16. The summed E-state index contributed by atoms with van der Waals surface area (Å²) in [6.45, 7) is 2.96. The van der Waals surface area contributed by atoms with E-state index in [0.29, 0.717) is 5.56 Å². The fraction of sp³-hybridized carbons (Fsp3) is 0.364. The second-order valence-electron chi connectivity index (χ2n) is 3.33. The molecule has 15 heavy (non-hydrogen) atoms. The van der Waals surface area contributed by atoms with E-state index in [0.717, 1.165) is 25.1 Å². The van der Waals surface area contributed by atoms with Crippen molar-refractivity contribution in [2.24, 2.45) is 5.73 Å². The molecule has 3 N–H and O–H groups in total. The van der Waals surface area contributed by atoms with E-state index in [1.807, 2.05) is 0 Å². The van der Waals surface area contributed by atoms with Crippen molar-refractivity contribution in [2.45, 2.75) is 19.8 Å².